The highest BCUT2D eigenvalue weighted by molar-refractivity contribution is 8.00. The number of anilines is 1. The van der Waals surface area contributed by atoms with Gasteiger partial charge in [0.2, 0.25) is 5.91 Å². The third-order valence-electron chi connectivity index (χ3n) is 19.9. The van der Waals surface area contributed by atoms with Gasteiger partial charge in [-0.3, -0.25) is 19.4 Å². The third kappa shape index (κ3) is 11.7. The van der Waals surface area contributed by atoms with Gasteiger partial charge in [0.05, 0.1) is 69.9 Å². The first-order chi connectivity index (χ1) is 40.7. The first-order valence-corrected chi connectivity index (χ1v) is 37.9. The van der Waals surface area contributed by atoms with E-state index in [0.29, 0.717) is 140 Å². The average Bonchev–Trinajstić information content (AvgIpc) is 1.63. The normalized spacial score (nSPS) is 29.7. The highest BCUT2D eigenvalue weighted by Gasteiger charge is 2.77. The van der Waals surface area contributed by atoms with Gasteiger partial charge in [0.15, 0.2) is 21.8 Å². The Hall–Kier alpha value is -4.89. The molecule has 1 aliphatic carbocycles. The number of hydrogen-bond donors (Lipinski definition) is 5. The third-order valence-corrected chi connectivity index (χ3v) is 29.7. The van der Waals surface area contributed by atoms with Gasteiger partial charge in [-0.15, -0.1) is 0 Å². The van der Waals surface area contributed by atoms with Crippen LogP contribution in [-0.2, 0) is 51.8 Å². The largest absolute Gasteiger partial charge is 0.496 e. The molecule has 6 aliphatic rings. The molecule has 20 nitrogen and oxygen atoms in total. The second kappa shape index (κ2) is 25.3. The number of nitrogens with zero attached hydrogens (tertiary/aromatic N) is 8. The molecule has 0 radical (unpaired) electrons. The lowest BCUT2D eigenvalue weighted by Crippen LogP contribution is -2.77. The van der Waals surface area contributed by atoms with E-state index in [1.807, 2.05) is 45.2 Å². The highest BCUT2D eigenvalue weighted by Crippen LogP contribution is 2.69. The molecule has 4 aromatic rings. The quantitative estimate of drug-likeness (QED) is 0.00579. The van der Waals surface area contributed by atoms with Gasteiger partial charge < -0.3 is 53.6 Å². The Bertz CT molecular complexity index is 3150. The minimum Gasteiger partial charge on any atom is -0.496 e. The molecule has 23 heteroatoms. The van der Waals surface area contributed by atoms with Crippen molar-refractivity contribution in [1.29, 1.82) is 0 Å². The molecule has 1 spiro atoms. The molecule has 5 N–H and O–H groups in total. The number of methoxy groups -OCH3 is 1. The molecular formula is C62H90N10O10SSi2. The van der Waals surface area contributed by atoms with Crippen molar-refractivity contribution in [2.24, 2.45) is 21.9 Å². The van der Waals surface area contributed by atoms with E-state index in [2.05, 4.69) is 102 Å². The number of amides is 1. The Kier molecular flexibility index (Phi) is 18.8. The molecule has 1 saturated carbocycles. The van der Waals surface area contributed by atoms with E-state index in [4.69, 9.17) is 28.6 Å². The molecule has 7 heterocycles. The number of likely N-dealkylation sites (N-methyl/N-ethyl adjacent to an activating group) is 1. The number of aliphatic carboxylic acids is 1. The van der Waals surface area contributed by atoms with Gasteiger partial charge in [0, 0.05) is 125 Å². The SMILES string of the molecule is CC[C@]1(O)C[C@H]2CN(CCc3c([nH]c4ccccc34)[C@@](C(=O)O)(c3cc4c(cc3OC)N(C)[C@H]3[C@@](C)(C(=O)NCCC[Si](C)(C)O[Si](C)(C)CSc5ncc(COCCOCCOCCN=[N+]=[N-])cn5)[C@H](O)[C@]5(CC)C=CCN6CC[C@]43C65)C2)C1. The van der Waals surface area contributed by atoms with E-state index in [1.54, 1.807) is 31.3 Å². The number of ether oxygens (including phenoxy) is 4. The second-order valence-electron chi connectivity index (χ2n) is 26.3. The monoisotopic (exact) mass is 1220 g/mol. The Balaban J connectivity index is 0.869. The van der Waals surface area contributed by atoms with Crippen LogP contribution in [0.2, 0.25) is 32.2 Å². The number of carboxylic acids is 1. The Morgan fingerprint density at radius 1 is 0.976 bits per heavy atom. The van der Waals surface area contributed by atoms with Crippen LogP contribution in [-0.4, -0.2) is 191 Å². The summed E-state index contributed by atoms with van der Waals surface area (Å²) >= 11 is 1.61. The molecule has 2 bridgehead atoms. The summed E-state index contributed by atoms with van der Waals surface area (Å²) in [5.74, 6) is -0.861. The summed E-state index contributed by atoms with van der Waals surface area (Å²) in [7, 11) is -0.758. The van der Waals surface area contributed by atoms with Crippen LogP contribution in [0.5, 0.6) is 5.75 Å². The van der Waals surface area contributed by atoms with Crippen LogP contribution < -0.4 is 15.0 Å². The zero-order valence-electron chi connectivity index (χ0n) is 51.3. The molecule has 462 valence electrons. The number of hydrogen-bond acceptors (Lipinski definition) is 16. The maximum absolute atomic E-state index is 15.7. The number of H-pyrrole nitrogens is 1. The highest BCUT2D eigenvalue weighted by atomic mass is 32.2. The predicted molar refractivity (Wildman–Crippen MR) is 334 cm³/mol. The van der Waals surface area contributed by atoms with Gasteiger partial charge in [0.25, 0.3) is 0 Å². The van der Waals surface area contributed by atoms with Crippen molar-refractivity contribution in [2.75, 3.05) is 103 Å². The van der Waals surface area contributed by atoms with Crippen LogP contribution in [0.3, 0.4) is 0 Å². The summed E-state index contributed by atoms with van der Waals surface area (Å²) in [6.45, 7) is 21.6. The fourth-order valence-electron chi connectivity index (χ4n) is 16.5. The lowest BCUT2D eigenvalue weighted by molar-refractivity contribution is -0.171. The number of rotatable bonds is 26. The van der Waals surface area contributed by atoms with Crippen LogP contribution in [0.15, 0.2) is 71.2 Å². The summed E-state index contributed by atoms with van der Waals surface area (Å²) in [6, 6.07) is 12.4. The van der Waals surface area contributed by atoms with Crippen molar-refractivity contribution in [3.05, 3.63) is 99.3 Å². The minimum absolute atomic E-state index is 0.154. The van der Waals surface area contributed by atoms with Gasteiger partial charge in [-0.05, 0) is 125 Å². The number of fused-ring (bicyclic) bond motifs is 6. The average molecular weight is 1220 g/mol. The number of nitrogens with one attached hydrogen (secondary N) is 2. The zero-order valence-corrected chi connectivity index (χ0v) is 54.1. The van der Waals surface area contributed by atoms with E-state index in [1.165, 1.54) is 0 Å². The summed E-state index contributed by atoms with van der Waals surface area (Å²) < 4.78 is 30.1. The number of azide groups is 1. The standard InChI is InChI=1S/C62H90N10O10SSi2/c1-10-59(77)34-42-35-62(56(75)76,51-45(18-24-71(38-42)40-59)44-16-12-13-17-48(44)68-51)47-32-46-49(33-50(47)78-5)70(4)52-58(3,54(73)60(11-2)19-14-23-72-25-20-61(46,52)53(60)72)55(74)64-21-15-31-84(6,7)82-85(8,9)41-83-57-65-36-43(37-66-57)39-81-30-29-80-28-27-79-26-22-67-69-63/h12-14,16-17,19,32-33,36-37,42,52-54,68,73,77H,10-11,15,18,20-31,34-35,38-41H2,1-9H3,(H,64,74)(H,75,76)/t42-,52+,53?,54+,58-,59+,60-,61+,62+/m1/s1. The number of thioether (sulfide) groups is 1. The number of para-hydroxylation sites is 1. The molecule has 1 amide bonds. The van der Waals surface area contributed by atoms with Gasteiger partial charge in [-0.1, -0.05) is 61.1 Å². The Labute approximate surface area is 507 Å². The summed E-state index contributed by atoms with van der Waals surface area (Å²) in [5.41, 5.74) is 8.78. The number of benzene rings is 2. The van der Waals surface area contributed by atoms with Crippen LogP contribution in [0, 0.1) is 16.7 Å². The van der Waals surface area contributed by atoms with Crippen LogP contribution in [0.25, 0.3) is 21.3 Å². The van der Waals surface area contributed by atoms with Crippen LogP contribution in [0.1, 0.15) is 87.2 Å². The lowest BCUT2D eigenvalue weighted by Gasteiger charge is -2.64. The van der Waals surface area contributed by atoms with E-state index < -0.39 is 62.0 Å². The van der Waals surface area contributed by atoms with Crippen LogP contribution >= 0.6 is 11.8 Å². The predicted octanol–water partition coefficient (Wildman–Crippen LogP) is 8.35. The van der Waals surface area contributed by atoms with E-state index in [0.717, 1.165) is 51.2 Å². The molecule has 2 aromatic heterocycles. The maximum Gasteiger partial charge on any atom is 0.320 e. The molecule has 2 unspecified atom stereocenters. The van der Waals surface area contributed by atoms with E-state index >= 15 is 9.59 Å². The van der Waals surface area contributed by atoms with Gasteiger partial charge >= 0.3 is 5.97 Å². The number of aromatic nitrogens is 3. The lowest BCUT2D eigenvalue weighted by atomic mass is 9.44. The number of aliphatic hydroxyl groups is 2. The van der Waals surface area contributed by atoms with Crippen molar-refractivity contribution < 1.29 is 48.0 Å². The van der Waals surface area contributed by atoms with Crippen LogP contribution in [0.4, 0.5) is 5.69 Å². The number of piperidine rings is 1. The van der Waals surface area contributed by atoms with Crippen molar-refractivity contribution in [3.8, 4) is 5.75 Å². The van der Waals surface area contributed by atoms with E-state index in [-0.39, 0.29) is 24.3 Å². The van der Waals surface area contributed by atoms with Gasteiger partial charge in [0.1, 0.15) is 11.2 Å². The van der Waals surface area contributed by atoms with Gasteiger partial charge in [-0.2, -0.15) is 0 Å². The second-order valence-corrected chi connectivity index (χ2v) is 36.4. The molecule has 2 saturated heterocycles. The molecule has 85 heavy (non-hydrogen) atoms. The summed E-state index contributed by atoms with van der Waals surface area (Å²) in [6.07, 6.45) is 10.8. The number of aromatic amines is 1. The summed E-state index contributed by atoms with van der Waals surface area (Å²) in [5, 5.41) is 47.0. The molecule has 2 aromatic carbocycles. The first kappa shape index (κ1) is 63.1. The molecule has 3 fully saturated rings. The minimum atomic E-state index is -2.23. The fourth-order valence-corrected chi connectivity index (χ4v) is 26.9. The zero-order chi connectivity index (χ0) is 60.6. The van der Waals surface area contributed by atoms with Crippen molar-refractivity contribution in [2.45, 2.75) is 144 Å². The van der Waals surface area contributed by atoms with Crippen molar-refractivity contribution >= 4 is 56.9 Å². The number of carbonyl (C=O) groups is 2. The number of carboxylic acid groups (broad SMARTS) is 1. The molecule has 10 atom stereocenters. The Morgan fingerprint density at radius 3 is 2.44 bits per heavy atom. The first-order valence-electron chi connectivity index (χ1n) is 30.7. The molecule has 10 rings (SSSR count). The van der Waals surface area contributed by atoms with E-state index in [9.17, 15) is 15.3 Å². The number of aliphatic hydroxyl groups excluding tert-OH is 1. The van der Waals surface area contributed by atoms with Gasteiger partial charge in [-0.25, -0.2) is 9.97 Å². The fraction of sp³-hybridized carbons (Fsp3) is 0.645. The smallest absolute Gasteiger partial charge is 0.320 e. The topological polar surface area (TPSA) is 253 Å². The molecular weight excluding hydrogens is 1130 g/mol. The maximum atomic E-state index is 15.7. The molecule has 5 aliphatic heterocycles. The van der Waals surface area contributed by atoms with Crippen molar-refractivity contribution in [3.63, 3.8) is 0 Å². The number of carbonyl (C=O) groups excluding carboxylic acids is 1. The van der Waals surface area contributed by atoms with Crippen molar-refractivity contribution in [1.82, 2.24) is 30.1 Å². The Morgan fingerprint density at radius 2 is 1.72 bits per heavy atom. The summed E-state index contributed by atoms with van der Waals surface area (Å²) in [4.78, 5) is 53.4.